The summed E-state index contributed by atoms with van der Waals surface area (Å²) in [5.74, 6) is 0. The van der Waals surface area contributed by atoms with Gasteiger partial charge in [-0.1, -0.05) is 6.07 Å². The number of ether oxygens (including phenoxy) is 1. The van der Waals surface area contributed by atoms with Crippen LogP contribution in [0.25, 0.3) is 0 Å². The predicted octanol–water partition coefficient (Wildman–Crippen LogP) is 2.43. The Kier molecular flexibility index (Phi) is 3.81. The summed E-state index contributed by atoms with van der Waals surface area (Å²) in [5.41, 5.74) is 1.76. The lowest BCUT2D eigenvalue weighted by Gasteiger charge is -2.03. The third kappa shape index (κ3) is 2.48. The molecule has 0 N–H and O–H groups in total. The van der Waals surface area contributed by atoms with E-state index in [1.54, 1.807) is 18.9 Å². The van der Waals surface area contributed by atoms with E-state index >= 15 is 0 Å². The molecular weight excluding hydrogens is 182 g/mol. The average Bonchev–Trinajstić information content (AvgIpc) is 2.18. The van der Waals surface area contributed by atoms with Gasteiger partial charge in [0.25, 0.3) is 0 Å². The number of hydrogen-bond donors (Lipinski definition) is 0. The van der Waals surface area contributed by atoms with Gasteiger partial charge in [0.2, 0.25) is 0 Å². The molecule has 1 aromatic rings. The number of methoxy groups -OCH3 is 1. The van der Waals surface area contributed by atoms with Crippen molar-refractivity contribution in [3.63, 3.8) is 0 Å². The lowest BCUT2D eigenvalue weighted by Crippen LogP contribution is -1.89. The Hall–Kier alpha value is -0.980. The zero-order valence-electron chi connectivity index (χ0n) is 7.70. The van der Waals surface area contributed by atoms with Crippen LogP contribution in [0.3, 0.4) is 0 Å². The largest absolute Gasteiger partial charge is 0.380 e. The number of nitriles is 1. The third-order valence-corrected chi connectivity index (χ3v) is 2.49. The number of benzene rings is 1. The van der Waals surface area contributed by atoms with Crippen molar-refractivity contribution >= 4 is 11.8 Å². The first-order chi connectivity index (χ1) is 6.31. The van der Waals surface area contributed by atoms with E-state index in [9.17, 15) is 0 Å². The Morgan fingerprint density at radius 1 is 1.54 bits per heavy atom. The fraction of sp³-hybridized carbons (Fsp3) is 0.300. The summed E-state index contributed by atoms with van der Waals surface area (Å²) in [5, 5.41) is 8.84. The van der Waals surface area contributed by atoms with E-state index in [-0.39, 0.29) is 0 Å². The molecule has 0 bridgehead atoms. The molecule has 1 aromatic carbocycles. The van der Waals surface area contributed by atoms with E-state index in [4.69, 9.17) is 10.00 Å². The van der Waals surface area contributed by atoms with Crippen molar-refractivity contribution < 1.29 is 4.74 Å². The second kappa shape index (κ2) is 4.90. The highest BCUT2D eigenvalue weighted by Crippen LogP contribution is 2.20. The van der Waals surface area contributed by atoms with E-state index in [1.165, 1.54) is 0 Å². The highest BCUT2D eigenvalue weighted by molar-refractivity contribution is 7.98. The molecule has 0 saturated carbocycles. The minimum Gasteiger partial charge on any atom is -0.380 e. The molecule has 0 saturated heterocycles. The predicted molar refractivity (Wildman–Crippen MR) is 53.7 cm³/mol. The maximum Gasteiger partial charge on any atom is 0.100 e. The molecule has 0 heterocycles. The maximum atomic E-state index is 8.84. The van der Waals surface area contributed by atoms with Crippen LogP contribution in [0.5, 0.6) is 0 Å². The Morgan fingerprint density at radius 3 is 2.85 bits per heavy atom. The van der Waals surface area contributed by atoms with Crippen LogP contribution in [-0.2, 0) is 11.3 Å². The maximum absolute atomic E-state index is 8.84. The molecular formula is C10H11NOS. The van der Waals surface area contributed by atoms with Gasteiger partial charge < -0.3 is 4.74 Å². The van der Waals surface area contributed by atoms with Crippen molar-refractivity contribution in [2.45, 2.75) is 11.5 Å². The van der Waals surface area contributed by atoms with E-state index in [0.29, 0.717) is 6.61 Å². The molecule has 1 rings (SSSR count). The molecule has 0 spiro atoms. The summed E-state index contributed by atoms with van der Waals surface area (Å²) >= 11 is 1.58. The Balaban J connectivity index is 3.00. The number of hydrogen-bond acceptors (Lipinski definition) is 3. The lowest BCUT2D eigenvalue weighted by molar-refractivity contribution is 0.185. The second-order valence-corrected chi connectivity index (χ2v) is 3.43. The molecule has 0 atom stereocenters. The van der Waals surface area contributed by atoms with Gasteiger partial charge in [0.15, 0.2) is 0 Å². The van der Waals surface area contributed by atoms with Gasteiger partial charge in [0.1, 0.15) is 6.07 Å². The summed E-state index contributed by atoms with van der Waals surface area (Å²) in [4.78, 5) is 1.02. The van der Waals surface area contributed by atoms with Crippen molar-refractivity contribution in [1.29, 1.82) is 5.26 Å². The standard InChI is InChI=1S/C10H11NOS/c1-12-7-8-3-4-10(13-2)9(5-8)6-11/h3-5H,7H2,1-2H3. The minimum atomic E-state index is 0.559. The smallest absolute Gasteiger partial charge is 0.100 e. The van der Waals surface area contributed by atoms with Gasteiger partial charge in [0, 0.05) is 12.0 Å². The normalized spacial score (nSPS) is 9.62. The van der Waals surface area contributed by atoms with Crippen LogP contribution >= 0.6 is 11.8 Å². The first-order valence-corrected chi connectivity index (χ1v) is 5.10. The monoisotopic (exact) mass is 193 g/mol. The van der Waals surface area contributed by atoms with Crippen LogP contribution in [0.15, 0.2) is 23.1 Å². The summed E-state index contributed by atoms with van der Waals surface area (Å²) < 4.78 is 4.98. The molecule has 2 nitrogen and oxygen atoms in total. The SMILES string of the molecule is COCc1ccc(SC)c(C#N)c1. The Bertz CT molecular complexity index is 330. The van der Waals surface area contributed by atoms with Gasteiger partial charge in [-0.15, -0.1) is 11.8 Å². The summed E-state index contributed by atoms with van der Waals surface area (Å²) in [6.45, 7) is 0.559. The molecule has 3 heteroatoms. The highest BCUT2D eigenvalue weighted by Gasteiger charge is 2.01. The minimum absolute atomic E-state index is 0.559. The number of thioether (sulfide) groups is 1. The van der Waals surface area contributed by atoms with E-state index in [1.807, 2.05) is 24.5 Å². The van der Waals surface area contributed by atoms with Crippen molar-refractivity contribution in [3.8, 4) is 6.07 Å². The van der Waals surface area contributed by atoms with Gasteiger partial charge in [0.05, 0.1) is 12.2 Å². The van der Waals surface area contributed by atoms with E-state index < -0.39 is 0 Å². The zero-order valence-corrected chi connectivity index (χ0v) is 8.52. The van der Waals surface area contributed by atoms with Gasteiger partial charge in [-0.2, -0.15) is 5.26 Å². The van der Waals surface area contributed by atoms with Crippen molar-refractivity contribution in [2.24, 2.45) is 0 Å². The first kappa shape index (κ1) is 10.1. The van der Waals surface area contributed by atoms with Crippen LogP contribution in [0.2, 0.25) is 0 Å². The van der Waals surface area contributed by atoms with Crippen LogP contribution in [-0.4, -0.2) is 13.4 Å². The van der Waals surface area contributed by atoms with E-state index in [0.717, 1.165) is 16.0 Å². The first-order valence-electron chi connectivity index (χ1n) is 3.87. The fourth-order valence-electron chi connectivity index (χ4n) is 1.10. The van der Waals surface area contributed by atoms with Gasteiger partial charge >= 0.3 is 0 Å². The van der Waals surface area contributed by atoms with E-state index in [2.05, 4.69) is 6.07 Å². The lowest BCUT2D eigenvalue weighted by atomic mass is 10.1. The van der Waals surface area contributed by atoms with Crippen molar-refractivity contribution in [1.82, 2.24) is 0 Å². The Morgan fingerprint density at radius 2 is 2.31 bits per heavy atom. The Labute approximate surface area is 82.5 Å². The zero-order chi connectivity index (χ0) is 9.68. The van der Waals surface area contributed by atoms with Gasteiger partial charge in [-0.3, -0.25) is 0 Å². The number of rotatable bonds is 3. The molecule has 0 aliphatic heterocycles. The molecule has 13 heavy (non-hydrogen) atoms. The number of nitrogens with zero attached hydrogens (tertiary/aromatic N) is 1. The van der Waals surface area contributed by atoms with Crippen LogP contribution in [0.4, 0.5) is 0 Å². The van der Waals surface area contributed by atoms with Crippen LogP contribution < -0.4 is 0 Å². The van der Waals surface area contributed by atoms with Crippen molar-refractivity contribution in [2.75, 3.05) is 13.4 Å². The highest BCUT2D eigenvalue weighted by atomic mass is 32.2. The van der Waals surface area contributed by atoms with Crippen molar-refractivity contribution in [3.05, 3.63) is 29.3 Å². The summed E-state index contributed by atoms with van der Waals surface area (Å²) in [7, 11) is 1.65. The third-order valence-electron chi connectivity index (χ3n) is 1.70. The molecule has 68 valence electrons. The van der Waals surface area contributed by atoms with Crippen LogP contribution in [0.1, 0.15) is 11.1 Å². The molecule has 0 unspecified atom stereocenters. The summed E-state index contributed by atoms with van der Waals surface area (Å²) in [6, 6.07) is 7.98. The summed E-state index contributed by atoms with van der Waals surface area (Å²) in [6.07, 6.45) is 1.96. The molecule has 0 aromatic heterocycles. The van der Waals surface area contributed by atoms with Gasteiger partial charge in [-0.25, -0.2) is 0 Å². The quantitative estimate of drug-likeness (QED) is 0.691. The average molecular weight is 193 g/mol. The molecule has 0 radical (unpaired) electrons. The van der Waals surface area contributed by atoms with Crippen LogP contribution in [0, 0.1) is 11.3 Å². The van der Waals surface area contributed by atoms with Gasteiger partial charge in [-0.05, 0) is 24.0 Å². The topological polar surface area (TPSA) is 33.0 Å². The fourth-order valence-corrected chi connectivity index (χ4v) is 1.63. The second-order valence-electron chi connectivity index (χ2n) is 2.58. The molecule has 0 aliphatic carbocycles. The molecule has 0 aliphatic rings. The molecule has 0 fully saturated rings. The molecule has 0 amide bonds.